The van der Waals surface area contributed by atoms with Crippen LogP contribution in [0.4, 0.5) is 5.13 Å². The topological polar surface area (TPSA) is 77.2 Å². The Morgan fingerprint density at radius 2 is 2.17 bits per heavy atom. The van der Waals surface area contributed by atoms with E-state index in [0.29, 0.717) is 11.6 Å². The number of halogens is 1. The number of aryl methyl sites for hydroxylation is 1. The molecule has 0 saturated heterocycles. The number of nitrogens with one attached hydrogen (secondary N) is 1. The van der Waals surface area contributed by atoms with Crippen molar-refractivity contribution in [3.63, 3.8) is 0 Å². The van der Waals surface area contributed by atoms with E-state index in [-0.39, 0.29) is 18.3 Å². The molecule has 1 unspecified atom stereocenters. The molecule has 1 amide bonds. The first-order chi connectivity index (χ1) is 10.9. The minimum absolute atomic E-state index is 0. The van der Waals surface area contributed by atoms with Gasteiger partial charge in [-0.2, -0.15) is 0 Å². The van der Waals surface area contributed by atoms with E-state index in [1.807, 2.05) is 37.4 Å². The van der Waals surface area contributed by atoms with Gasteiger partial charge in [-0.25, -0.2) is 4.98 Å². The standard InChI is InChI=1S/C17H23N3O2S.ClH/c1-5-8-17(3,18)15(21)20-16-19-13(10-23-16)12-9-11(2)6-7-14(12)22-4;/h6-7,9-10H,5,8,18H2,1-4H3,(H,19,20,21);1H. The number of benzene rings is 1. The Bertz CT molecular complexity index is 701. The van der Waals surface area contributed by atoms with Gasteiger partial charge in [0, 0.05) is 10.9 Å². The van der Waals surface area contributed by atoms with Gasteiger partial charge < -0.3 is 15.8 Å². The van der Waals surface area contributed by atoms with E-state index in [4.69, 9.17) is 10.5 Å². The van der Waals surface area contributed by atoms with Crippen molar-refractivity contribution < 1.29 is 9.53 Å². The molecule has 0 bridgehead atoms. The van der Waals surface area contributed by atoms with Crippen molar-refractivity contribution in [3.05, 3.63) is 29.1 Å². The van der Waals surface area contributed by atoms with E-state index in [9.17, 15) is 4.79 Å². The fourth-order valence-corrected chi connectivity index (χ4v) is 3.06. The van der Waals surface area contributed by atoms with Crippen LogP contribution >= 0.6 is 23.7 Å². The smallest absolute Gasteiger partial charge is 0.245 e. The summed E-state index contributed by atoms with van der Waals surface area (Å²) in [6.45, 7) is 5.76. The van der Waals surface area contributed by atoms with Gasteiger partial charge in [0.1, 0.15) is 5.75 Å². The number of nitrogens with zero attached hydrogens (tertiary/aromatic N) is 1. The van der Waals surface area contributed by atoms with Crippen molar-refractivity contribution in [3.8, 4) is 17.0 Å². The van der Waals surface area contributed by atoms with E-state index in [1.54, 1.807) is 14.0 Å². The first-order valence-electron chi connectivity index (χ1n) is 7.58. The summed E-state index contributed by atoms with van der Waals surface area (Å²) in [5.41, 5.74) is 7.97. The van der Waals surface area contributed by atoms with Gasteiger partial charge in [0.15, 0.2) is 5.13 Å². The number of hydrogen-bond acceptors (Lipinski definition) is 5. The molecule has 1 aromatic carbocycles. The predicted octanol–water partition coefficient (Wildman–Crippen LogP) is 4.00. The normalized spacial score (nSPS) is 12.9. The Morgan fingerprint density at radius 3 is 2.79 bits per heavy atom. The number of rotatable bonds is 6. The maximum atomic E-state index is 12.3. The average molecular weight is 370 g/mol. The molecular weight excluding hydrogens is 346 g/mol. The zero-order valence-corrected chi connectivity index (χ0v) is 16.0. The van der Waals surface area contributed by atoms with Crippen LogP contribution in [0, 0.1) is 6.92 Å². The van der Waals surface area contributed by atoms with Crippen LogP contribution in [0.25, 0.3) is 11.3 Å². The molecule has 3 N–H and O–H groups in total. The van der Waals surface area contributed by atoms with E-state index in [1.165, 1.54) is 11.3 Å². The maximum absolute atomic E-state index is 12.3. The molecule has 1 aromatic heterocycles. The van der Waals surface area contributed by atoms with Gasteiger partial charge in [0.25, 0.3) is 0 Å². The molecule has 0 spiro atoms. The summed E-state index contributed by atoms with van der Waals surface area (Å²) >= 11 is 1.38. The third-order valence-corrected chi connectivity index (χ3v) is 4.40. The molecule has 1 heterocycles. The van der Waals surface area contributed by atoms with Crippen molar-refractivity contribution in [1.29, 1.82) is 0 Å². The number of carbonyl (C=O) groups is 1. The Hall–Kier alpha value is -1.63. The molecule has 0 fully saturated rings. The van der Waals surface area contributed by atoms with Crippen molar-refractivity contribution in [2.75, 3.05) is 12.4 Å². The van der Waals surface area contributed by atoms with Crippen LogP contribution in [0.15, 0.2) is 23.6 Å². The largest absolute Gasteiger partial charge is 0.496 e. The second kappa shape index (κ2) is 8.46. The second-order valence-corrected chi connectivity index (χ2v) is 6.72. The molecule has 24 heavy (non-hydrogen) atoms. The number of hydrogen-bond donors (Lipinski definition) is 2. The summed E-state index contributed by atoms with van der Waals surface area (Å²) in [6, 6.07) is 5.92. The Balaban J connectivity index is 0.00000288. The van der Waals surface area contributed by atoms with Gasteiger partial charge in [-0.1, -0.05) is 25.0 Å². The van der Waals surface area contributed by atoms with Gasteiger partial charge in [-0.15, -0.1) is 23.7 Å². The molecule has 0 aliphatic rings. The van der Waals surface area contributed by atoms with E-state index < -0.39 is 5.54 Å². The molecule has 0 radical (unpaired) electrons. The zero-order valence-electron chi connectivity index (χ0n) is 14.4. The van der Waals surface area contributed by atoms with Crippen LogP contribution < -0.4 is 15.8 Å². The number of ether oxygens (including phenoxy) is 1. The number of aromatic nitrogens is 1. The number of carbonyl (C=O) groups excluding carboxylic acids is 1. The van der Waals surface area contributed by atoms with Crippen molar-refractivity contribution in [1.82, 2.24) is 4.98 Å². The highest BCUT2D eigenvalue weighted by Crippen LogP contribution is 2.33. The van der Waals surface area contributed by atoms with Crippen LogP contribution in [-0.4, -0.2) is 23.5 Å². The van der Waals surface area contributed by atoms with Crippen molar-refractivity contribution in [2.24, 2.45) is 5.73 Å². The van der Waals surface area contributed by atoms with Gasteiger partial charge in [0.2, 0.25) is 5.91 Å². The average Bonchev–Trinajstić information content (AvgIpc) is 2.95. The summed E-state index contributed by atoms with van der Waals surface area (Å²) in [5, 5.41) is 5.26. The Kier molecular flexibility index (Phi) is 7.20. The van der Waals surface area contributed by atoms with Crippen LogP contribution in [0.1, 0.15) is 32.3 Å². The van der Waals surface area contributed by atoms with Crippen molar-refractivity contribution in [2.45, 2.75) is 39.2 Å². The summed E-state index contributed by atoms with van der Waals surface area (Å²) in [6.07, 6.45) is 1.48. The molecule has 5 nitrogen and oxygen atoms in total. The number of methoxy groups -OCH3 is 1. The van der Waals surface area contributed by atoms with E-state index in [0.717, 1.165) is 29.0 Å². The SMILES string of the molecule is CCCC(C)(N)C(=O)Nc1nc(-c2cc(C)ccc2OC)cs1.Cl. The lowest BCUT2D eigenvalue weighted by Gasteiger charge is -2.21. The molecule has 2 rings (SSSR count). The molecule has 0 aliphatic carbocycles. The molecule has 0 aliphatic heterocycles. The highest BCUT2D eigenvalue weighted by molar-refractivity contribution is 7.14. The van der Waals surface area contributed by atoms with Gasteiger partial charge in [-0.05, 0) is 32.4 Å². The lowest BCUT2D eigenvalue weighted by atomic mass is 9.97. The summed E-state index contributed by atoms with van der Waals surface area (Å²) in [5.74, 6) is 0.546. The highest BCUT2D eigenvalue weighted by atomic mass is 35.5. The van der Waals surface area contributed by atoms with Crippen molar-refractivity contribution >= 4 is 34.8 Å². The van der Waals surface area contributed by atoms with E-state index >= 15 is 0 Å². The van der Waals surface area contributed by atoms with Crippen LogP contribution in [0.2, 0.25) is 0 Å². The molecule has 0 saturated carbocycles. The molecular formula is C17H24ClN3O2S. The zero-order chi connectivity index (χ0) is 17.0. The molecule has 7 heteroatoms. The van der Waals surface area contributed by atoms with E-state index in [2.05, 4.69) is 10.3 Å². The van der Waals surface area contributed by atoms with Gasteiger partial charge >= 0.3 is 0 Å². The minimum Gasteiger partial charge on any atom is -0.496 e. The monoisotopic (exact) mass is 369 g/mol. The molecule has 132 valence electrons. The fraction of sp³-hybridized carbons (Fsp3) is 0.412. The van der Waals surface area contributed by atoms with Crippen LogP contribution in [0.5, 0.6) is 5.75 Å². The van der Waals surface area contributed by atoms with Gasteiger partial charge in [0.05, 0.1) is 18.3 Å². The highest BCUT2D eigenvalue weighted by Gasteiger charge is 2.28. The minimum atomic E-state index is -0.887. The summed E-state index contributed by atoms with van der Waals surface area (Å²) in [7, 11) is 1.63. The fourth-order valence-electron chi connectivity index (χ4n) is 2.35. The first-order valence-corrected chi connectivity index (χ1v) is 8.46. The summed E-state index contributed by atoms with van der Waals surface area (Å²) < 4.78 is 5.39. The lowest BCUT2D eigenvalue weighted by molar-refractivity contribution is -0.120. The quantitative estimate of drug-likeness (QED) is 0.806. The number of thiazole rings is 1. The molecule has 1 atom stereocenters. The third kappa shape index (κ3) is 4.69. The van der Waals surface area contributed by atoms with Crippen LogP contribution in [0.3, 0.4) is 0 Å². The number of amides is 1. The first kappa shape index (κ1) is 20.4. The number of nitrogens with two attached hydrogens (primary N) is 1. The Labute approximate surface area is 153 Å². The summed E-state index contributed by atoms with van der Waals surface area (Å²) in [4.78, 5) is 16.7. The third-order valence-electron chi connectivity index (χ3n) is 3.64. The number of anilines is 1. The predicted molar refractivity (Wildman–Crippen MR) is 102 cm³/mol. The second-order valence-electron chi connectivity index (χ2n) is 5.86. The molecule has 2 aromatic rings. The van der Waals surface area contributed by atoms with Crippen LogP contribution in [-0.2, 0) is 4.79 Å². The van der Waals surface area contributed by atoms with Gasteiger partial charge in [-0.3, -0.25) is 4.79 Å². The maximum Gasteiger partial charge on any atom is 0.245 e. The Morgan fingerprint density at radius 1 is 1.46 bits per heavy atom. The lowest BCUT2D eigenvalue weighted by Crippen LogP contribution is -2.48.